The first-order chi connectivity index (χ1) is 17.8. The number of carbonyl (C=O) groups excluding carboxylic acids is 3. The predicted octanol–water partition coefficient (Wildman–Crippen LogP) is 5.68. The Balaban J connectivity index is 3.56. The van der Waals surface area contributed by atoms with Gasteiger partial charge in [-0.15, -0.1) is 6.42 Å². The highest BCUT2D eigenvalue weighted by atomic mass is 32.2. The maximum Gasteiger partial charge on any atom is 0.408 e. The summed E-state index contributed by atoms with van der Waals surface area (Å²) in [4.78, 5) is 42.4. The minimum absolute atomic E-state index is 0.259. The highest BCUT2D eigenvalue weighted by Crippen LogP contribution is 2.33. The summed E-state index contributed by atoms with van der Waals surface area (Å²) in [7, 11) is 0. The van der Waals surface area contributed by atoms with E-state index >= 15 is 0 Å². The van der Waals surface area contributed by atoms with Gasteiger partial charge in [0.2, 0.25) is 11.8 Å². The molecule has 1 rings (SSSR count). The molecule has 2 atom stereocenters. The van der Waals surface area contributed by atoms with E-state index in [9.17, 15) is 14.4 Å². The van der Waals surface area contributed by atoms with Gasteiger partial charge in [-0.2, -0.15) is 11.8 Å². The fraction of sp³-hybridized carbons (Fsp3) is 0.633. The van der Waals surface area contributed by atoms with E-state index in [1.165, 1.54) is 0 Å². The van der Waals surface area contributed by atoms with E-state index in [1.54, 1.807) is 61.7 Å². The number of terminal acetylenes is 1. The van der Waals surface area contributed by atoms with Crippen LogP contribution in [0.5, 0.6) is 0 Å². The second kappa shape index (κ2) is 15.7. The minimum Gasteiger partial charge on any atom is -0.444 e. The molecule has 2 unspecified atom stereocenters. The Labute approximate surface area is 234 Å². The molecule has 0 bridgehead atoms. The van der Waals surface area contributed by atoms with Crippen LogP contribution in [0.4, 0.5) is 4.79 Å². The lowest BCUT2D eigenvalue weighted by molar-refractivity contribution is -0.149. The number of hydrogen-bond donors (Lipinski definition) is 2. The average Bonchev–Trinajstić information content (AvgIpc) is 2.86. The number of hydrogen-bond acceptors (Lipinski definition) is 5. The van der Waals surface area contributed by atoms with Gasteiger partial charge in [0.05, 0.1) is 0 Å². The topological polar surface area (TPSA) is 87.7 Å². The van der Waals surface area contributed by atoms with Crippen molar-refractivity contribution in [2.75, 3.05) is 18.6 Å². The Bertz CT molecular complexity index is 948. The second-order valence-electron chi connectivity index (χ2n) is 11.0. The monoisotopic (exact) mass is 545 g/mol. The molecule has 3 amide bonds. The highest BCUT2D eigenvalue weighted by Gasteiger charge is 2.43. The number of amides is 3. The number of benzene rings is 1. The fourth-order valence-electron chi connectivity index (χ4n) is 3.92. The van der Waals surface area contributed by atoms with Crippen molar-refractivity contribution >= 4 is 29.7 Å². The van der Waals surface area contributed by atoms with Crippen LogP contribution in [0, 0.1) is 12.3 Å². The molecule has 2 N–H and O–H groups in total. The van der Waals surface area contributed by atoms with Crippen molar-refractivity contribution in [1.82, 2.24) is 15.5 Å². The second-order valence-corrected chi connectivity index (χ2v) is 12.0. The molecule has 1 aromatic rings. The summed E-state index contributed by atoms with van der Waals surface area (Å²) in [6.45, 7) is 13.8. The number of thioether (sulfide) groups is 1. The third-order valence-corrected chi connectivity index (χ3v) is 6.98. The summed E-state index contributed by atoms with van der Waals surface area (Å²) in [5, 5.41) is 5.83. The fourth-order valence-corrected chi connectivity index (χ4v) is 4.39. The molecule has 0 saturated carbocycles. The van der Waals surface area contributed by atoms with Crippen LogP contribution in [-0.2, 0) is 14.3 Å². The minimum atomic E-state index is -0.900. The van der Waals surface area contributed by atoms with Gasteiger partial charge in [0.1, 0.15) is 17.7 Å². The van der Waals surface area contributed by atoms with E-state index < -0.39 is 29.3 Å². The highest BCUT2D eigenvalue weighted by molar-refractivity contribution is 7.98. The molecule has 0 aliphatic carbocycles. The number of rotatable bonds is 14. The molecule has 0 saturated heterocycles. The number of unbranched alkanes of at least 4 members (excludes halogenated alkanes) is 2. The molecule has 0 aromatic heterocycles. The smallest absolute Gasteiger partial charge is 0.408 e. The van der Waals surface area contributed by atoms with E-state index in [0.29, 0.717) is 36.3 Å². The molecule has 0 aliphatic heterocycles. The summed E-state index contributed by atoms with van der Waals surface area (Å²) in [5.74, 6) is 2.66. The zero-order valence-corrected chi connectivity index (χ0v) is 25.3. The van der Waals surface area contributed by atoms with Crippen molar-refractivity contribution in [3.05, 3.63) is 35.4 Å². The molecule has 0 radical (unpaired) electrons. The number of alkyl carbamates (subject to hydrolysis) is 1. The summed E-state index contributed by atoms with van der Waals surface area (Å²) in [6.07, 6.45) is 10.7. The van der Waals surface area contributed by atoms with E-state index in [0.717, 1.165) is 19.3 Å². The predicted molar refractivity (Wildman–Crippen MR) is 157 cm³/mol. The van der Waals surface area contributed by atoms with Crippen LogP contribution in [0.3, 0.4) is 0 Å². The SMILES string of the molecule is C#Cc1ccc(C(C(=O)NCCCCC)N(C(=O)C(CCSC)NC(=O)OC(C)(C)C)C(C)(C)CC)cc1. The Morgan fingerprint density at radius 2 is 1.71 bits per heavy atom. The van der Waals surface area contributed by atoms with Crippen LogP contribution in [0.25, 0.3) is 0 Å². The number of ether oxygens (including phenoxy) is 1. The Kier molecular flexibility index (Phi) is 13.8. The Morgan fingerprint density at radius 1 is 1.08 bits per heavy atom. The molecule has 1 aromatic carbocycles. The lowest BCUT2D eigenvalue weighted by Gasteiger charge is -2.44. The van der Waals surface area contributed by atoms with Gasteiger partial charge in [0, 0.05) is 17.6 Å². The van der Waals surface area contributed by atoms with Crippen LogP contribution >= 0.6 is 11.8 Å². The van der Waals surface area contributed by atoms with Crippen molar-refractivity contribution in [2.45, 2.75) is 104 Å². The molecule has 0 heterocycles. The number of carbonyl (C=O) groups is 3. The third-order valence-electron chi connectivity index (χ3n) is 6.33. The summed E-state index contributed by atoms with van der Waals surface area (Å²) in [6, 6.07) is 5.40. The standard InChI is InChI=1S/C30H47N3O4S/c1-10-13-14-20-31-26(34)25(23-17-15-22(11-2)16-18-23)33(30(7,8)12-3)27(35)24(19-21-38-9)32-28(36)37-29(4,5)6/h2,15-18,24-25H,10,12-14,19-21H2,1,3-9H3,(H,31,34)(H,32,36). The van der Waals surface area contributed by atoms with Crippen molar-refractivity contribution in [3.63, 3.8) is 0 Å². The Morgan fingerprint density at radius 3 is 2.21 bits per heavy atom. The summed E-state index contributed by atoms with van der Waals surface area (Å²) < 4.78 is 5.46. The summed E-state index contributed by atoms with van der Waals surface area (Å²) in [5.41, 5.74) is -0.0552. The average molecular weight is 546 g/mol. The zero-order chi connectivity index (χ0) is 28.9. The van der Waals surface area contributed by atoms with E-state index in [2.05, 4.69) is 23.5 Å². The molecular formula is C30H47N3O4S. The normalized spacial score (nSPS) is 13.1. The van der Waals surface area contributed by atoms with Crippen LogP contribution in [0.15, 0.2) is 24.3 Å². The molecule has 38 heavy (non-hydrogen) atoms. The molecule has 0 spiro atoms. The summed E-state index contributed by atoms with van der Waals surface area (Å²) >= 11 is 1.58. The first-order valence-corrected chi connectivity index (χ1v) is 14.9. The first kappa shape index (κ1) is 33.4. The molecular weight excluding hydrogens is 498 g/mol. The number of nitrogens with one attached hydrogen (secondary N) is 2. The van der Waals surface area contributed by atoms with Crippen molar-refractivity contribution < 1.29 is 19.1 Å². The van der Waals surface area contributed by atoms with E-state index in [-0.39, 0.29) is 11.8 Å². The van der Waals surface area contributed by atoms with Crippen LogP contribution in [0.1, 0.15) is 97.7 Å². The van der Waals surface area contributed by atoms with E-state index in [4.69, 9.17) is 11.2 Å². The Hall–Kier alpha value is -2.66. The van der Waals surface area contributed by atoms with Gasteiger partial charge < -0.3 is 20.3 Å². The van der Waals surface area contributed by atoms with Crippen molar-refractivity contribution in [2.24, 2.45) is 0 Å². The van der Waals surface area contributed by atoms with Crippen LogP contribution in [0.2, 0.25) is 0 Å². The van der Waals surface area contributed by atoms with Gasteiger partial charge in [-0.3, -0.25) is 9.59 Å². The maximum absolute atomic E-state index is 14.3. The molecule has 7 nitrogen and oxygen atoms in total. The first-order valence-electron chi connectivity index (χ1n) is 13.5. The molecule has 0 fully saturated rings. The van der Waals surface area contributed by atoms with Crippen LogP contribution in [-0.4, -0.2) is 58.5 Å². The van der Waals surface area contributed by atoms with Gasteiger partial charge >= 0.3 is 6.09 Å². The zero-order valence-electron chi connectivity index (χ0n) is 24.5. The third kappa shape index (κ3) is 10.6. The largest absolute Gasteiger partial charge is 0.444 e. The van der Waals surface area contributed by atoms with Crippen molar-refractivity contribution in [1.29, 1.82) is 0 Å². The lowest BCUT2D eigenvalue weighted by Crippen LogP contribution is -2.59. The van der Waals surface area contributed by atoms with E-state index in [1.807, 2.05) is 27.0 Å². The molecule has 212 valence electrons. The van der Waals surface area contributed by atoms with Gasteiger partial charge in [0.25, 0.3) is 0 Å². The maximum atomic E-state index is 14.3. The van der Waals surface area contributed by atoms with Gasteiger partial charge in [-0.05, 0) is 83.6 Å². The van der Waals surface area contributed by atoms with Crippen molar-refractivity contribution in [3.8, 4) is 12.3 Å². The van der Waals surface area contributed by atoms with Gasteiger partial charge in [0.15, 0.2) is 0 Å². The molecule has 0 aliphatic rings. The van der Waals surface area contributed by atoms with Gasteiger partial charge in [-0.1, -0.05) is 44.7 Å². The van der Waals surface area contributed by atoms with Gasteiger partial charge in [-0.25, -0.2) is 4.79 Å². The van der Waals surface area contributed by atoms with Crippen LogP contribution < -0.4 is 10.6 Å². The lowest BCUT2D eigenvalue weighted by atomic mass is 9.91. The number of nitrogens with zero attached hydrogens (tertiary/aromatic N) is 1. The molecule has 8 heteroatoms. The quantitative estimate of drug-likeness (QED) is 0.232.